The Labute approximate surface area is 160 Å². The number of nitrogens with zero attached hydrogens (tertiary/aromatic N) is 2. The van der Waals surface area contributed by atoms with Gasteiger partial charge in [0.2, 0.25) is 0 Å². The summed E-state index contributed by atoms with van der Waals surface area (Å²) < 4.78 is 6.08. The van der Waals surface area contributed by atoms with E-state index in [-0.39, 0.29) is 11.6 Å². The van der Waals surface area contributed by atoms with Crippen LogP contribution in [0, 0.1) is 0 Å². The molecule has 1 aliphatic rings. The first-order valence-electron chi connectivity index (χ1n) is 8.22. The predicted molar refractivity (Wildman–Crippen MR) is 105 cm³/mol. The summed E-state index contributed by atoms with van der Waals surface area (Å²) in [4.78, 5) is 30.6. The summed E-state index contributed by atoms with van der Waals surface area (Å²) in [6, 6.07) is 15.1. The third-order valence-corrected chi connectivity index (χ3v) is 4.23. The molecule has 6 heteroatoms. The van der Waals surface area contributed by atoms with Crippen molar-refractivity contribution in [1.82, 2.24) is 0 Å². The van der Waals surface area contributed by atoms with Gasteiger partial charge in [0.15, 0.2) is 0 Å². The number of carbonyl (C=O) groups is 2. The van der Waals surface area contributed by atoms with Crippen LogP contribution in [0.1, 0.15) is 31.9 Å². The summed E-state index contributed by atoms with van der Waals surface area (Å²) in [6.07, 6.45) is -0.767. The van der Waals surface area contributed by atoms with Gasteiger partial charge in [-0.3, -0.25) is 4.79 Å². The van der Waals surface area contributed by atoms with Gasteiger partial charge in [0, 0.05) is 10.0 Å². The predicted octanol–water partition coefficient (Wildman–Crippen LogP) is 4.72. The van der Waals surface area contributed by atoms with Crippen LogP contribution >= 0.6 is 15.9 Å². The highest BCUT2D eigenvalue weighted by atomic mass is 79.9. The van der Waals surface area contributed by atoms with Crippen molar-refractivity contribution in [3.8, 4) is 0 Å². The van der Waals surface area contributed by atoms with Gasteiger partial charge in [0.1, 0.15) is 11.3 Å². The maximum atomic E-state index is 13.0. The minimum Gasteiger partial charge on any atom is -0.442 e. The van der Waals surface area contributed by atoms with Gasteiger partial charge in [-0.25, -0.2) is 4.79 Å². The average Bonchev–Trinajstić information content (AvgIpc) is 2.79. The highest BCUT2D eigenvalue weighted by Gasteiger charge is 2.35. The molecular formula is C20H19BrN2O3. The molecule has 0 unspecified atom stereocenters. The fourth-order valence-corrected chi connectivity index (χ4v) is 3.04. The van der Waals surface area contributed by atoms with Crippen LogP contribution in [-0.2, 0) is 16.1 Å². The van der Waals surface area contributed by atoms with E-state index in [9.17, 15) is 9.59 Å². The quantitative estimate of drug-likeness (QED) is 0.713. The van der Waals surface area contributed by atoms with Crippen LogP contribution in [0.5, 0.6) is 0 Å². The van der Waals surface area contributed by atoms with Gasteiger partial charge in [-0.15, -0.1) is 0 Å². The maximum Gasteiger partial charge on any atom is 0.434 e. The normalized spacial score (nSPS) is 15.3. The zero-order valence-electron chi connectivity index (χ0n) is 14.8. The summed E-state index contributed by atoms with van der Waals surface area (Å²) >= 11 is 3.44. The molecule has 0 aromatic heterocycles. The summed E-state index contributed by atoms with van der Waals surface area (Å²) in [5.74, 6) is -0.312. The minimum atomic E-state index is -0.767. The second-order valence-corrected chi connectivity index (χ2v) is 7.89. The van der Waals surface area contributed by atoms with Gasteiger partial charge in [0.05, 0.1) is 12.2 Å². The zero-order chi connectivity index (χ0) is 18.9. The fraction of sp³-hybridized carbons (Fsp3) is 0.250. The molecule has 2 aromatic rings. The molecule has 0 bridgehead atoms. The van der Waals surface area contributed by atoms with E-state index in [1.54, 1.807) is 31.7 Å². The molecule has 1 heterocycles. The maximum absolute atomic E-state index is 13.0. The zero-order valence-corrected chi connectivity index (χ0v) is 16.4. The number of aliphatic imine (C=N–C) groups is 1. The Kier molecular flexibility index (Phi) is 4.96. The molecule has 0 saturated carbocycles. The number of anilines is 1. The van der Waals surface area contributed by atoms with Crippen LogP contribution in [0.15, 0.2) is 58.0 Å². The second kappa shape index (κ2) is 7.03. The molecule has 3 rings (SSSR count). The van der Waals surface area contributed by atoms with Gasteiger partial charge in [0.25, 0.3) is 5.91 Å². The van der Waals surface area contributed by atoms with Gasteiger partial charge in [-0.1, -0.05) is 46.3 Å². The smallest absolute Gasteiger partial charge is 0.434 e. The Morgan fingerprint density at radius 2 is 1.85 bits per heavy atom. The molecule has 2 aromatic carbocycles. The Morgan fingerprint density at radius 3 is 2.50 bits per heavy atom. The van der Waals surface area contributed by atoms with Crippen LogP contribution < -0.4 is 4.90 Å². The van der Waals surface area contributed by atoms with E-state index < -0.39 is 11.7 Å². The SMILES string of the molecule is CC(C)(C)OC(=O)/N=C1\C(=O)N(Cc2ccccc2)c2cc(Br)ccc21. The fourth-order valence-electron chi connectivity index (χ4n) is 2.69. The lowest BCUT2D eigenvalue weighted by Crippen LogP contribution is -2.30. The van der Waals surface area contributed by atoms with Crippen LogP contribution in [0.2, 0.25) is 0 Å². The highest BCUT2D eigenvalue weighted by molar-refractivity contribution is 9.10. The first kappa shape index (κ1) is 18.3. The summed E-state index contributed by atoms with van der Waals surface area (Å²) in [7, 11) is 0. The third kappa shape index (κ3) is 4.02. The molecule has 0 saturated heterocycles. The molecular weight excluding hydrogens is 396 g/mol. The van der Waals surface area contributed by atoms with Crippen molar-refractivity contribution >= 4 is 39.3 Å². The second-order valence-electron chi connectivity index (χ2n) is 6.98. The first-order valence-corrected chi connectivity index (χ1v) is 9.01. The number of fused-ring (bicyclic) bond motifs is 1. The molecule has 2 amide bonds. The number of hydrogen-bond acceptors (Lipinski definition) is 3. The number of carbonyl (C=O) groups excluding carboxylic acids is 2. The van der Waals surface area contributed by atoms with Gasteiger partial charge in [-0.05, 0) is 44.5 Å². The van der Waals surface area contributed by atoms with Crippen molar-refractivity contribution in [2.45, 2.75) is 32.9 Å². The van der Waals surface area contributed by atoms with Crippen LogP contribution in [0.25, 0.3) is 0 Å². The summed E-state index contributed by atoms with van der Waals surface area (Å²) in [5, 5.41) is 0. The van der Waals surface area contributed by atoms with Crippen molar-refractivity contribution in [2.75, 3.05) is 4.90 Å². The molecule has 0 atom stereocenters. The minimum absolute atomic E-state index is 0.109. The van der Waals surface area contributed by atoms with Crippen molar-refractivity contribution in [1.29, 1.82) is 0 Å². The lowest BCUT2D eigenvalue weighted by molar-refractivity contribution is -0.112. The lowest BCUT2D eigenvalue weighted by Gasteiger charge is -2.18. The molecule has 26 heavy (non-hydrogen) atoms. The Morgan fingerprint density at radius 1 is 1.15 bits per heavy atom. The average molecular weight is 415 g/mol. The number of amides is 2. The topological polar surface area (TPSA) is 59.0 Å². The Balaban J connectivity index is 1.98. The van der Waals surface area contributed by atoms with E-state index in [4.69, 9.17) is 4.74 Å². The molecule has 0 N–H and O–H groups in total. The number of ether oxygens (including phenoxy) is 1. The van der Waals surface area contributed by atoms with E-state index in [0.717, 1.165) is 15.7 Å². The lowest BCUT2D eigenvalue weighted by atomic mass is 10.1. The van der Waals surface area contributed by atoms with Crippen molar-refractivity contribution in [2.24, 2.45) is 4.99 Å². The third-order valence-electron chi connectivity index (χ3n) is 3.73. The molecule has 134 valence electrons. The number of rotatable bonds is 2. The monoisotopic (exact) mass is 414 g/mol. The van der Waals surface area contributed by atoms with E-state index in [2.05, 4.69) is 20.9 Å². The van der Waals surface area contributed by atoms with Crippen molar-refractivity contribution < 1.29 is 14.3 Å². The van der Waals surface area contributed by atoms with Gasteiger partial charge >= 0.3 is 6.09 Å². The number of benzene rings is 2. The molecule has 0 aliphatic carbocycles. The van der Waals surface area contributed by atoms with Gasteiger partial charge in [-0.2, -0.15) is 4.99 Å². The summed E-state index contributed by atoms with van der Waals surface area (Å²) in [5.41, 5.74) is 1.77. The molecule has 5 nitrogen and oxygen atoms in total. The molecule has 0 fully saturated rings. The highest BCUT2D eigenvalue weighted by Crippen LogP contribution is 2.33. The Hall–Kier alpha value is -2.47. The van der Waals surface area contributed by atoms with E-state index in [0.29, 0.717) is 12.1 Å². The van der Waals surface area contributed by atoms with Crippen LogP contribution in [0.3, 0.4) is 0 Å². The molecule has 0 radical (unpaired) electrons. The molecule has 0 spiro atoms. The largest absolute Gasteiger partial charge is 0.442 e. The standard InChI is InChI=1S/C20H19BrN2O3/c1-20(2,3)26-19(25)22-17-15-10-9-14(21)11-16(15)23(18(17)24)12-13-7-5-4-6-8-13/h4-11H,12H2,1-3H3/b22-17-. The first-order chi connectivity index (χ1) is 12.2. The Bertz CT molecular complexity index is 886. The summed E-state index contributed by atoms with van der Waals surface area (Å²) in [6.45, 7) is 5.67. The van der Waals surface area contributed by atoms with Crippen LogP contribution in [-0.4, -0.2) is 23.3 Å². The molecule has 1 aliphatic heterocycles. The number of hydrogen-bond donors (Lipinski definition) is 0. The van der Waals surface area contributed by atoms with Crippen LogP contribution in [0.4, 0.5) is 10.5 Å². The van der Waals surface area contributed by atoms with Gasteiger partial charge < -0.3 is 9.64 Å². The van der Waals surface area contributed by atoms with Crippen molar-refractivity contribution in [3.05, 3.63) is 64.1 Å². The number of halogens is 1. The van der Waals surface area contributed by atoms with Crippen molar-refractivity contribution in [3.63, 3.8) is 0 Å². The van der Waals surface area contributed by atoms with E-state index >= 15 is 0 Å². The van der Waals surface area contributed by atoms with E-state index in [1.807, 2.05) is 42.5 Å². The van der Waals surface area contributed by atoms with E-state index in [1.165, 1.54) is 0 Å².